The molecule has 21 heavy (non-hydrogen) atoms. The fourth-order valence-corrected chi connectivity index (χ4v) is 5.20. The van der Waals surface area contributed by atoms with E-state index in [0.29, 0.717) is 18.4 Å². The van der Waals surface area contributed by atoms with Crippen LogP contribution in [0.15, 0.2) is 0 Å². The van der Waals surface area contributed by atoms with Gasteiger partial charge in [-0.2, -0.15) is 0 Å². The van der Waals surface area contributed by atoms with Crippen LogP contribution in [-0.2, 0) is 4.79 Å². The molecule has 4 rings (SSSR count). The quantitative estimate of drug-likeness (QED) is 0.709. The Bertz CT molecular complexity index is 320. The molecule has 0 heterocycles. The predicted octanol–water partition coefficient (Wildman–Crippen LogP) is 3.26. The minimum Gasteiger partial charge on any atom is -0.353 e. The van der Waals surface area contributed by atoms with Crippen LogP contribution >= 0.6 is 12.4 Å². The molecule has 0 spiro atoms. The number of nitrogens with two attached hydrogens (primary N) is 1. The molecular formula is C17H31ClN2O. The van der Waals surface area contributed by atoms with E-state index in [1.807, 2.05) is 0 Å². The summed E-state index contributed by atoms with van der Waals surface area (Å²) in [5.74, 6) is 3.87. The molecule has 4 aliphatic carbocycles. The van der Waals surface area contributed by atoms with E-state index in [9.17, 15) is 4.79 Å². The summed E-state index contributed by atoms with van der Waals surface area (Å²) in [4.78, 5) is 12.1. The highest BCUT2D eigenvalue weighted by Gasteiger charge is 2.48. The van der Waals surface area contributed by atoms with Gasteiger partial charge in [0.2, 0.25) is 5.91 Å². The number of carbonyl (C=O) groups is 1. The first-order chi connectivity index (χ1) is 9.76. The lowest BCUT2D eigenvalue weighted by atomic mass is 9.54. The fraction of sp³-hybridized carbons (Fsp3) is 0.941. The van der Waals surface area contributed by atoms with Crippen molar-refractivity contribution in [3.8, 4) is 0 Å². The second kappa shape index (κ2) is 7.82. The maximum Gasteiger partial charge on any atom is 0.220 e. The van der Waals surface area contributed by atoms with E-state index in [4.69, 9.17) is 5.73 Å². The van der Waals surface area contributed by atoms with Crippen molar-refractivity contribution in [1.82, 2.24) is 5.32 Å². The van der Waals surface area contributed by atoms with Gasteiger partial charge < -0.3 is 11.1 Å². The van der Waals surface area contributed by atoms with Gasteiger partial charge in [0.25, 0.3) is 0 Å². The molecule has 4 fully saturated rings. The minimum atomic E-state index is 0. The van der Waals surface area contributed by atoms with Gasteiger partial charge in [-0.05, 0) is 75.2 Å². The zero-order valence-electron chi connectivity index (χ0n) is 13.1. The lowest BCUT2D eigenvalue weighted by molar-refractivity contribution is -0.125. The number of nitrogens with one attached hydrogen (secondary N) is 1. The van der Waals surface area contributed by atoms with Crippen molar-refractivity contribution in [2.45, 2.75) is 70.3 Å². The topological polar surface area (TPSA) is 55.1 Å². The molecule has 0 atom stereocenters. The molecule has 0 saturated heterocycles. The molecule has 0 aromatic carbocycles. The molecule has 0 aromatic heterocycles. The summed E-state index contributed by atoms with van der Waals surface area (Å²) in [5.41, 5.74) is 5.48. The van der Waals surface area contributed by atoms with Crippen LogP contribution in [0.3, 0.4) is 0 Å². The van der Waals surface area contributed by atoms with E-state index in [2.05, 4.69) is 5.32 Å². The molecule has 4 saturated carbocycles. The van der Waals surface area contributed by atoms with Crippen LogP contribution in [0.2, 0.25) is 0 Å². The standard InChI is InChI=1S/C17H30N2O.ClH/c18-6-4-2-1-3-5-16(20)19-17-14-8-12-7-13(10-14)11-15(17)9-12;/h12-15,17H,1-11,18H2,(H,19,20);1H. The Balaban J connectivity index is 0.00000161. The lowest BCUT2D eigenvalue weighted by Gasteiger charge is -2.54. The predicted molar refractivity (Wildman–Crippen MR) is 88.4 cm³/mol. The molecular weight excluding hydrogens is 284 g/mol. The first-order valence-corrected chi connectivity index (χ1v) is 8.75. The molecule has 0 aliphatic heterocycles. The third-order valence-corrected chi connectivity index (χ3v) is 5.91. The molecule has 3 nitrogen and oxygen atoms in total. The van der Waals surface area contributed by atoms with Gasteiger partial charge in [0.15, 0.2) is 0 Å². The Labute approximate surface area is 135 Å². The summed E-state index contributed by atoms with van der Waals surface area (Å²) in [5, 5.41) is 3.39. The smallest absolute Gasteiger partial charge is 0.220 e. The summed E-state index contributed by atoms with van der Waals surface area (Å²) in [6.45, 7) is 0.778. The first kappa shape index (κ1) is 17.1. The summed E-state index contributed by atoms with van der Waals surface area (Å²) < 4.78 is 0. The fourth-order valence-electron chi connectivity index (χ4n) is 5.20. The normalized spacial score (nSPS) is 36.3. The summed E-state index contributed by atoms with van der Waals surface area (Å²) in [6, 6.07) is 0.513. The highest BCUT2D eigenvalue weighted by molar-refractivity contribution is 5.85. The average Bonchev–Trinajstić information content (AvgIpc) is 2.42. The number of halogens is 1. The van der Waals surface area contributed by atoms with Crippen molar-refractivity contribution >= 4 is 18.3 Å². The van der Waals surface area contributed by atoms with Crippen LogP contribution in [0.4, 0.5) is 0 Å². The molecule has 4 bridgehead atoms. The largest absolute Gasteiger partial charge is 0.353 e. The van der Waals surface area contributed by atoms with Crippen molar-refractivity contribution in [2.24, 2.45) is 29.4 Å². The molecule has 4 aliphatic rings. The SMILES string of the molecule is Cl.NCCCCCCC(=O)NC1C2CC3CC(C2)CC1C3. The maximum absolute atomic E-state index is 12.1. The number of hydrogen-bond donors (Lipinski definition) is 2. The third-order valence-electron chi connectivity index (χ3n) is 5.91. The van der Waals surface area contributed by atoms with E-state index in [1.165, 1.54) is 38.5 Å². The number of unbranched alkanes of at least 4 members (excludes halogenated alkanes) is 3. The van der Waals surface area contributed by atoms with Crippen LogP contribution < -0.4 is 11.1 Å². The molecule has 1 amide bonds. The first-order valence-electron chi connectivity index (χ1n) is 8.75. The highest BCUT2D eigenvalue weighted by Crippen LogP contribution is 2.53. The van der Waals surface area contributed by atoms with Crippen molar-refractivity contribution < 1.29 is 4.79 Å². The molecule has 0 unspecified atom stereocenters. The average molecular weight is 315 g/mol. The molecule has 122 valence electrons. The van der Waals surface area contributed by atoms with E-state index >= 15 is 0 Å². The monoisotopic (exact) mass is 314 g/mol. The van der Waals surface area contributed by atoms with Gasteiger partial charge in [-0.3, -0.25) is 4.79 Å². The second-order valence-corrected chi connectivity index (χ2v) is 7.48. The molecule has 4 heteroatoms. The third kappa shape index (κ3) is 4.13. The van der Waals surface area contributed by atoms with Crippen LogP contribution in [-0.4, -0.2) is 18.5 Å². The summed E-state index contributed by atoms with van der Waals surface area (Å²) in [6.07, 6.45) is 12.2. The Kier molecular flexibility index (Phi) is 6.36. The van der Waals surface area contributed by atoms with E-state index < -0.39 is 0 Å². The van der Waals surface area contributed by atoms with Gasteiger partial charge >= 0.3 is 0 Å². The Morgan fingerprint density at radius 2 is 1.48 bits per heavy atom. The number of hydrogen-bond acceptors (Lipinski definition) is 2. The second-order valence-electron chi connectivity index (χ2n) is 7.48. The Morgan fingerprint density at radius 1 is 0.905 bits per heavy atom. The van der Waals surface area contributed by atoms with Gasteiger partial charge in [-0.25, -0.2) is 0 Å². The lowest BCUT2D eigenvalue weighted by Crippen LogP contribution is -2.55. The number of carbonyl (C=O) groups excluding carboxylic acids is 1. The van der Waals surface area contributed by atoms with E-state index in [1.54, 1.807) is 0 Å². The molecule has 3 N–H and O–H groups in total. The van der Waals surface area contributed by atoms with E-state index in [0.717, 1.165) is 49.5 Å². The van der Waals surface area contributed by atoms with Crippen molar-refractivity contribution in [3.63, 3.8) is 0 Å². The van der Waals surface area contributed by atoms with Crippen LogP contribution in [0.5, 0.6) is 0 Å². The van der Waals surface area contributed by atoms with Crippen molar-refractivity contribution in [2.75, 3.05) is 6.54 Å². The zero-order chi connectivity index (χ0) is 13.9. The summed E-state index contributed by atoms with van der Waals surface area (Å²) in [7, 11) is 0. The van der Waals surface area contributed by atoms with Gasteiger partial charge in [-0.1, -0.05) is 12.8 Å². The van der Waals surface area contributed by atoms with Crippen LogP contribution in [0.1, 0.15) is 64.2 Å². The summed E-state index contributed by atoms with van der Waals surface area (Å²) >= 11 is 0. The Hall–Kier alpha value is -0.280. The van der Waals surface area contributed by atoms with Crippen molar-refractivity contribution in [3.05, 3.63) is 0 Å². The van der Waals surface area contributed by atoms with Gasteiger partial charge in [-0.15, -0.1) is 12.4 Å². The zero-order valence-corrected chi connectivity index (χ0v) is 13.9. The van der Waals surface area contributed by atoms with Crippen LogP contribution in [0, 0.1) is 23.7 Å². The highest BCUT2D eigenvalue weighted by atomic mass is 35.5. The molecule has 0 aromatic rings. The van der Waals surface area contributed by atoms with E-state index in [-0.39, 0.29) is 12.4 Å². The van der Waals surface area contributed by atoms with Gasteiger partial charge in [0.05, 0.1) is 0 Å². The van der Waals surface area contributed by atoms with Crippen LogP contribution in [0.25, 0.3) is 0 Å². The molecule has 0 radical (unpaired) electrons. The van der Waals surface area contributed by atoms with Crippen molar-refractivity contribution in [1.29, 1.82) is 0 Å². The maximum atomic E-state index is 12.1. The number of amides is 1. The van der Waals surface area contributed by atoms with Gasteiger partial charge in [0, 0.05) is 12.5 Å². The van der Waals surface area contributed by atoms with Gasteiger partial charge in [0.1, 0.15) is 0 Å². The number of rotatable bonds is 7. The Morgan fingerprint density at radius 3 is 2.05 bits per heavy atom. The minimum absolute atomic E-state index is 0.